The smallest absolute Gasteiger partial charge is 0.251 e. The van der Waals surface area contributed by atoms with Gasteiger partial charge in [-0.3, -0.25) is 14.7 Å². The van der Waals surface area contributed by atoms with Gasteiger partial charge in [-0.15, -0.1) is 24.0 Å². The van der Waals surface area contributed by atoms with E-state index in [-0.39, 0.29) is 36.0 Å². The SMILES string of the molecule is CCN(CC)C(C)CNC(=NC)N1CCN(C(=O)C2CCCO2)CC1.I. The number of ether oxygens (including phenoxy) is 1. The van der Waals surface area contributed by atoms with Gasteiger partial charge in [-0.25, -0.2) is 0 Å². The number of rotatable bonds is 6. The molecule has 152 valence electrons. The molecule has 1 N–H and O–H groups in total. The summed E-state index contributed by atoms with van der Waals surface area (Å²) in [5.41, 5.74) is 0. The van der Waals surface area contributed by atoms with Crippen molar-refractivity contribution in [2.45, 2.75) is 45.8 Å². The Bertz CT molecular complexity index is 445. The number of aliphatic imine (C=N–C) groups is 1. The molecule has 8 heteroatoms. The molecule has 26 heavy (non-hydrogen) atoms. The lowest BCUT2D eigenvalue weighted by atomic mass is 10.2. The topological polar surface area (TPSA) is 60.4 Å². The summed E-state index contributed by atoms with van der Waals surface area (Å²) in [7, 11) is 1.83. The summed E-state index contributed by atoms with van der Waals surface area (Å²) >= 11 is 0. The van der Waals surface area contributed by atoms with Crippen LogP contribution in [0.25, 0.3) is 0 Å². The van der Waals surface area contributed by atoms with Gasteiger partial charge in [0.1, 0.15) is 6.10 Å². The number of carbonyl (C=O) groups is 1. The maximum atomic E-state index is 12.4. The van der Waals surface area contributed by atoms with Crippen LogP contribution >= 0.6 is 24.0 Å². The summed E-state index contributed by atoms with van der Waals surface area (Å²) in [5, 5.41) is 3.49. The van der Waals surface area contributed by atoms with Crippen molar-refractivity contribution in [3.8, 4) is 0 Å². The van der Waals surface area contributed by atoms with Crippen LogP contribution in [-0.4, -0.2) is 98.2 Å². The molecular weight excluding hydrogens is 445 g/mol. The van der Waals surface area contributed by atoms with Crippen molar-refractivity contribution in [2.75, 3.05) is 59.5 Å². The number of nitrogens with zero attached hydrogens (tertiary/aromatic N) is 4. The van der Waals surface area contributed by atoms with Gasteiger partial charge in [0, 0.05) is 52.4 Å². The first kappa shape index (κ1) is 23.4. The second-order valence-electron chi connectivity index (χ2n) is 6.81. The molecule has 0 spiro atoms. The fraction of sp³-hybridized carbons (Fsp3) is 0.889. The molecule has 2 rings (SSSR count). The Hall–Kier alpha value is -0.610. The number of likely N-dealkylation sites (N-methyl/N-ethyl adjacent to an activating group) is 1. The number of nitrogens with one attached hydrogen (secondary N) is 1. The van der Waals surface area contributed by atoms with Crippen LogP contribution in [0.2, 0.25) is 0 Å². The minimum Gasteiger partial charge on any atom is -0.368 e. The van der Waals surface area contributed by atoms with Gasteiger partial charge in [-0.1, -0.05) is 13.8 Å². The van der Waals surface area contributed by atoms with Gasteiger partial charge in [-0.2, -0.15) is 0 Å². The van der Waals surface area contributed by atoms with Gasteiger partial charge < -0.3 is 19.9 Å². The highest BCUT2D eigenvalue weighted by Gasteiger charge is 2.30. The molecule has 0 saturated carbocycles. The number of piperazine rings is 1. The van der Waals surface area contributed by atoms with Gasteiger partial charge in [0.25, 0.3) is 5.91 Å². The van der Waals surface area contributed by atoms with Gasteiger partial charge in [0.2, 0.25) is 0 Å². The molecule has 0 aliphatic carbocycles. The first-order chi connectivity index (χ1) is 12.1. The Morgan fingerprint density at radius 3 is 2.35 bits per heavy atom. The lowest BCUT2D eigenvalue weighted by Crippen LogP contribution is -2.56. The molecule has 2 aliphatic rings. The molecule has 0 aromatic carbocycles. The summed E-state index contributed by atoms with van der Waals surface area (Å²) in [6, 6.07) is 0.467. The third-order valence-corrected chi connectivity index (χ3v) is 5.30. The van der Waals surface area contributed by atoms with Gasteiger partial charge in [0.05, 0.1) is 0 Å². The first-order valence-electron chi connectivity index (χ1n) is 9.70. The van der Waals surface area contributed by atoms with Crippen LogP contribution in [0.1, 0.15) is 33.6 Å². The maximum Gasteiger partial charge on any atom is 0.251 e. The molecule has 7 nitrogen and oxygen atoms in total. The van der Waals surface area contributed by atoms with Crippen molar-refractivity contribution in [3.05, 3.63) is 0 Å². The van der Waals surface area contributed by atoms with Crippen molar-refractivity contribution < 1.29 is 9.53 Å². The lowest BCUT2D eigenvalue weighted by Gasteiger charge is -2.38. The second kappa shape index (κ2) is 12.0. The number of amides is 1. The third-order valence-electron chi connectivity index (χ3n) is 5.30. The lowest BCUT2D eigenvalue weighted by molar-refractivity contribution is -0.142. The highest BCUT2D eigenvalue weighted by atomic mass is 127. The summed E-state index contributed by atoms with van der Waals surface area (Å²) in [5.74, 6) is 1.10. The minimum absolute atomic E-state index is 0. The average Bonchev–Trinajstić information content (AvgIpc) is 3.18. The van der Waals surface area contributed by atoms with E-state index in [2.05, 4.69) is 40.9 Å². The first-order valence-corrected chi connectivity index (χ1v) is 9.70. The Labute approximate surface area is 175 Å². The van der Waals surface area contributed by atoms with Crippen LogP contribution in [0.3, 0.4) is 0 Å². The van der Waals surface area contributed by atoms with Crippen molar-refractivity contribution in [1.29, 1.82) is 0 Å². The maximum absolute atomic E-state index is 12.4. The Kier molecular flexibility index (Phi) is 10.8. The van der Waals surface area contributed by atoms with Crippen LogP contribution in [-0.2, 0) is 9.53 Å². The molecule has 1 amide bonds. The van der Waals surface area contributed by atoms with Gasteiger partial charge >= 0.3 is 0 Å². The number of carbonyl (C=O) groups excluding carboxylic acids is 1. The van der Waals surface area contributed by atoms with Crippen molar-refractivity contribution >= 4 is 35.8 Å². The van der Waals surface area contributed by atoms with Crippen LogP contribution in [0.5, 0.6) is 0 Å². The Balaban J connectivity index is 0.00000338. The van der Waals surface area contributed by atoms with E-state index >= 15 is 0 Å². The normalized spacial score (nSPS) is 22.3. The highest BCUT2D eigenvalue weighted by Crippen LogP contribution is 2.16. The summed E-state index contributed by atoms with van der Waals surface area (Å²) in [4.78, 5) is 23.5. The number of guanidine groups is 1. The fourth-order valence-corrected chi connectivity index (χ4v) is 3.66. The monoisotopic (exact) mass is 481 g/mol. The molecule has 2 unspecified atom stereocenters. The zero-order valence-electron chi connectivity index (χ0n) is 16.7. The predicted octanol–water partition coefficient (Wildman–Crippen LogP) is 1.23. The van der Waals surface area contributed by atoms with Crippen LogP contribution in [0.4, 0.5) is 0 Å². The van der Waals surface area contributed by atoms with Crippen LogP contribution in [0.15, 0.2) is 4.99 Å². The Morgan fingerprint density at radius 1 is 1.23 bits per heavy atom. The molecule has 2 saturated heterocycles. The van der Waals surface area contributed by atoms with Crippen molar-refractivity contribution in [3.63, 3.8) is 0 Å². The van der Waals surface area contributed by atoms with E-state index in [1.165, 1.54) is 0 Å². The van der Waals surface area contributed by atoms with Crippen LogP contribution < -0.4 is 5.32 Å². The molecule has 0 aromatic heterocycles. The molecule has 0 radical (unpaired) electrons. The van der Waals surface area contributed by atoms with E-state index in [0.717, 1.165) is 71.2 Å². The van der Waals surface area contributed by atoms with E-state index in [9.17, 15) is 4.79 Å². The third kappa shape index (κ3) is 6.23. The summed E-state index contributed by atoms with van der Waals surface area (Å²) in [6.07, 6.45) is 1.65. The standard InChI is InChI=1S/C18H35N5O2.HI/c1-5-21(6-2)15(3)14-20-18(19-4)23-11-9-22(10-12-23)17(24)16-8-7-13-25-16;/h15-16H,5-14H2,1-4H3,(H,19,20);1H. The van der Waals surface area contributed by atoms with Crippen molar-refractivity contribution in [1.82, 2.24) is 20.0 Å². The highest BCUT2D eigenvalue weighted by molar-refractivity contribution is 14.0. The Morgan fingerprint density at radius 2 is 1.85 bits per heavy atom. The summed E-state index contributed by atoms with van der Waals surface area (Å²) < 4.78 is 5.53. The second-order valence-corrected chi connectivity index (χ2v) is 6.81. The van der Waals surface area contributed by atoms with Gasteiger partial charge in [-0.05, 0) is 32.9 Å². The molecular formula is C18H36IN5O2. The largest absolute Gasteiger partial charge is 0.368 e. The molecule has 2 heterocycles. The number of hydrogen-bond donors (Lipinski definition) is 1. The zero-order chi connectivity index (χ0) is 18.2. The number of hydrogen-bond acceptors (Lipinski definition) is 4. The van der Waals surface area contributed by atoms with Crippen molar-refractivity contribution in [2.24, 2.45) is 4.99 Å². The van der Waals surface area contributed by atoms with E-state index < -0.39 is 0 Å². The van der Waals surface area contributed by atoms with Crippen LogP contribution in [0, 0.1) is 0 Å². The van der Waals surface area contributed by atoms with Gasteiger partial charge in [0.15, 0.2) is 5.96 Å². The summed E-state index contributed by atoms with van der Waals surface area (Å²) in [6.45, 7) is 13.5. The molecule has 0 aromatic rings. The zero-order valence-corrected chi connectivity index (χ0v) is 19.1. The van der Waals surface area contributed by atoms with E-state index in [0.29, 0.717) is 6.04 Å². The molecule has 2 fully saturated rings. The van der Waals surface area contributed by atoms with E-state index in [4.69, 9.17) is 4.74 Å². The quantitative estimate of drug-likeness (QED) is 0.352. The molecule has 2 aliphatic heterocycles. The fourth-order valence-electron chi connectivity index (χ4n) is 3.66. The number of halogens is 1. The van der Waals surface area contributed by atoms with E-state index in [1.807, 2.05) is 11.9 Å². The average molecular weight is 481 g/mol. The minimum atomic E-state index is -0.209. The predicted molar refractivity (Wildman–Crippen MR) is 116 cm³/mol. The van der Waals surface area contributed by atoms with E-state index in [1.54, 1.807) is 0 Å². The molecule has 0 bridgehead atoms. The molecule has 2 atom stereocenters.